The molecule has 0 radical (unpaired) electrons. The molecule has 0 aromatic heterocycles. The molecule has 0 saturated heterocycles. The van der Waals surface area contributed by atoms with Crippen molar-refractivity contribution in [2.24, 2.45) is 17.6 Å². The first-order valence-electron chi connectivity index (χ1n) is 10.6. The number of Topliss-reactive ketones (excluding diaryl/α,β-unsaturated/α-hetero) is 2. The van der Waals surface area contributed by atoms with Gasteiger partial charge in [0.05, 0.1) is 11.6 Å². The molecule has 1 aromatic rings. The molecule has 1 amide bonds. The number of anilines is 1. The van der Waals surface area contributed by atoms with Crippen LogP contribution in [0.4, 0.5) is 5.69 Å². The summed E-state index contributed by atoms with van der Waals surface area (Å²) in [6.07, 6.45) is 0.324. The van der Waals surface area contributed by atoms with Crippen molar-refractivity contribution >= 4 is 41.3 Å². The predicted molar refractivity (Wildman–Crippen MR) is 127 cm³/mol. The molecule has 3 aliphatic rings. The number of likely N-dealkylation sites (N-methyl/N-ethyl adjacent to an activating group) is 1. The van der Waals surface area contributed by atoms with Crippen molar-refractivity contribution in [3.05, 3.63) is 40.2 Å². The van der Waals surface area contributed by atoms with Crippen LogP contribution in [0.2, 0.25) is 0 Å². The van der Waals surface area contributed by atoms with E-state index in [0.717, 1.165) is 5.69 Å². The van der Waals surface area contributed by atoms with Gasteiger partial charge >= 0.3 is 19.5 Å². The van der Waals surface area contributed by atoms with Crippen LogP contribution in [0, 0.1) is 11.8 Å². The summed E-state index contributed by atoms with van der Waals surface area (Å²) in [5, 5.41) is 43.9. The Labute approximate surface area is 221 Å². The molecular weight excluding hydrogens is 541 g/mol. The van der Waals surface area contributed by atoms with E-state index in [1.54, 1.807) is 20.2 Å². The summed E-state index contributed by atoms with van der Waals surface area (Å²) >= 11 is 2.31. The van der Waals surface area contributed by atoms with Gasteiger partial charge < -0.3 is 31.1 Å². The van der Waals surface area contributed by atoms with E-state index in [4.69, 9.17) is 9.60 Å². The second-order valence-electron chi connectivity index (χ2n) is 9.31. The average Bonchev–Trinajstić information content (AvgIpc) is 2.77. The Balaban J connectivity index is 0.00000148. The number of carbonyl (C=O) groups excluding carboxylic acids is 3. The molecule has 6 N–H and O–H groups in total. The summed E-state index contributed by atoms with van der Waals surface area (Å²) < 4.78 is 7.94. The minimum atomic E-state index is -2.63. The third-order valence-corrected chi connectivity index (χ3v) is 7.06. The van der Waals surface area contributed by atoms with Crippen molar-refractivity contribution in [1.29, 1.82) is 0 Å². The Morgan fingerprint density at radius 3 is 2.19 bits per heavy atom. The third-order valence-electron chi connectivity index (χ3n) is 7.06. The van der Waals surface area contributed by atoms with Gasteiger partial charge in [-0.15, -0.1) is 12.4 Å². The number of aliphatic hydroxyl groups excluding tert-OH is 2. The van der Waals surface area contributed by atoms with Gasteiger partial charge in [-0.3, -0.25) is 19.3 Å². The third kappa shape index (κ3) is 4.02. The number of halogens is 1. The van der Waals surface area contributed by atoms with Gasteiger partial charge in [0.25, 0.3) is 5.91 Å². The van der Waals surface area contributed by atoms with Gasteiger partial charge in [0, 0.05) is 31.3 Å². The minimum absolute atomic E-state index is 0. The monoisotopic (exact) mass is 568 g/mol. The normalized spacial score (nSPS) is 26.8. The zero-order valence-electron chi connectivity index (χ0n) is 19.9. The van der Waals surface area contributed by atoms with E-state index in [1.165, 1.54) is 11.0 Å². The number of primary amides is 1. The molecule has 36 heavy (non-hydrogen) atoms. The van der Waals surface area contributed by atoms with Crippen LogP contribution in [0.25, 0.3) is 5.76 Å². The topological polar surface area (TPSA) is 182 Å². The van der Waals surface area contributed by atoms with Crippen LogP contribution in [0.5, 0.6) is 5.75 Å². The van der Waals surface area contributed by atoms with E-state index in [0.29, 0.717) is 5.56 Å². The molecule has 1 fully saturated rings. The number of ketones is 2. The Morgan fingerprint density at radius 2 is 1.69 bits per heavy atom. The Morgan fingerprint density at radius 1 is 1.11 bits per heavy atom. The van der Waals surface area contributed by atoms with Crippen molar-refractivity contribution in [3.63, 3.8) is 0 Å². The predicted octanol–water partition coefficient (Wildman–Crippen LogP) is 0.331. The Hall–Kier alpha value is -2.77. The number of hydrogen-bond donors (Lipinski definition) is 5. The van der Waals surface area contributed by atoms with E-state index in [-0.39, 0.29) is 42.1 Å². The van der Waals surface area contributed by atoms with Crippen molar-refractivity contribution in [2.75, 3.05) is 33.1 Å². The van der Waals surface area contributed by atoms with Gasteiger partial charge in [-0.2, -0.15) is 0 Å². The summed E-state index contributed by atoms with van der Waals surface area (Å²) in [6.45, 7) is 0. The number of hydrogen-bond acceptors (Lipinski definition) is 10. The standard InChI is InChI=1S/C23H27N3O7.ClH.Co.O/c1-25(2)12-5-6-13(27)15-10(12)7-9-8-11-17(26(3)4)19(29)16(22(24)32)21(31)23(11,33)20(30)14(9)18(15)28;;;/h5-6,9,11,17,27-28,31,33H,7-8H2,1-4H3,(H2,24,32);1H;;/t9-,11-,17-,23-;;;/m0.../s1. The second-order valence-corrected chi connectivity index (χ2v) is 9.31. The number of phenolic OH excluding ortho intramolecular Hbond substituents is 1. The number of aliphatic hydroxyl groups is 3. The van der Waals surface area contributed by atoms with Crippen molar-refractivity contribution in [2.45, 2.75) is 24.5 Å². The molecule has 13 heteroatoms. The number of nitrogens with zero attached hydrogens (tertiary/aromatic N) is 2. The molecule has 3 aliphatic carbocycles. The molecule has 199 valence electrons. The van der Waals surface area contributed by atoms with Crippen LogP contribution in [-0.4, -0.2) is 82.6 Å². The zero-order valence-corrected chi connectivity index (χ0v) is 21.8. The van der Waals surface area contributed by atoms with Gasteiger partial charge in [-0.1, -0.05) is 0 Å². The molecular formula is C23H28ClCoN3O8. The fourth-order valence-corrected chi connectivity index (χ4v) is 5.65. The summed E-state index contributed by atoms with van der Waals surface area (Å²) in [5.41, 5.74) is 3.15. The van der Waals surface area contributed by atoms with Crippen LogP contribution in [0.15, 0.2) is 29.0 Å². The number of benzene rings is 1. The van der Waals surface area contributed by atoms with Gasteiger partial charge in [0.15, 0.2) is 11.4 Å². The zero-order chi connectivity index (χ0) is 26.6. The fraction of sp³-hybridized carbons (Fsp3) is 0.435. The van der Waals surface area contributed by atoms with Gasteiger partial charge in [0.2, 0.25) is 5.78 Å². The Bertz CT molecular complexity index is 1200. The first kappa shape index (κ1) is 29.5. The van der Waals surface area contributed by atoms with E-state index >= 15 is 0 Å². The van der Waals surface area contributed by atoms with Crippen LogP contribution >= 0.6 is 12.4 Å². The SMILES string of the molecule is CN(C)c1ccc(O)c2c1C[C@H]1C[C@H]3[C@H](N(C)C)C(=O)C(C(N)=O)=C(O)[C@@]3(O)C(=O)C1=C2O.Cl.[O]=[Co]. The fourth-order valence-electron chi connectivity index (χ4n) is 5.65. The van der Waals surface area contributed by atoms with Crippen LogP contribution in [0.3, 0.4) is 0 Å². The molecule has 0 bridgehead atoms. The molecule has 4 atom stereocenters. The van der Waals surface area contributed by atoms with E-state index in [2.05, 4.69) is 15.7 Å². The quantitative estimate of drug-likeness (QED) is 0.319. The number of amides is 1. The number of aromatic hydroxyl groups is 1. The molecule has 11 nitrogen and oxygen atoms in total. The molecule has 0 heterocycles. The number of phenols is 1. The van der Waals surface area contributed by atoms with Crippen LogP contribution in [-0.2, 0) is 40.3 Å². The molecule has 1 saturated carbocycles. The van der Waals surface area contributed by atoms with E-state index < -0.39 is 58.0 Å². The summed E-state index contributed by atoms with van der Waals surface area (Å²) in [7, 11) is 6.75. The number of carbonyl (C=O) groups is 3. The molecule has 0 aliphatic heterocycles. The average molecular weight is 569 g/mol. The van der Waals surface area contributed by atoms with E-state index in [9.17, 15) is 34.8 Å². The van der Waals surface area contributed by atoms with E-state index in [1.807, 2.05) is 19.0 Å². The first-order valence-corrected chi connectivity index (χ1v) is 11.1. The maximum absolute atomic E-state index is 13.7. The summed E-state index contributed by atoms with van der Waals surface area (Å²) in [4.78, 5) is 42.0. The van der Waals surface area contributed by atoms with Crippen molar-refractivity contribution in [3.8, 4) is 5.75 Å². The summed E-state index contributed by atoms with van der Waals surface area (Å²) in [6, 6.07) is 2.01. The Kier molecular flexibility index (Phi) is 8.43. The molecule has 4 rings (SSSR count). The number of rotatable bonds is 3. The van der Waals surface area contributed by atoms with Gasteiger partial charge in [0.1, 0.15) is 22.8 Å². The van der Waals surface area contributed by atoms with Gasteiger partial charge in [-0.05, 0) is 50.6 Å². The second kappa shape index (κ2) is 10.3. The number of nitrogens with two attached hydrogens (primary N) is 1. The molecule has 1 aromatic carbocycles. The number of fused-ring (bicyclic) bond motifs is 3. The van der Waals surface area contributed by atoms with Crippen LogP contribution < -0.4 is 10.6 Å². The molecule has 0 spiro atoms. The van der Waals surface area contributed by atoms with Gasteiger partial charge in [-0.25, -0.2) is 0 Å². The van der Waals surface area contributed by atoms with Crippen LogP contribution in [0.1, 0.15) is 17.5 Å². The maximum atomic E-state index is 13.7. The van der Waals surface area contributed by atoms with Crippen molar-refractivity contribution < 1.29 is 54.3 Å². The molecule has 0 unspecified atom stereocenters. The summed E-state index contributed by atoms with van der Waals surface area (Å²) in [5.74, 6) is -6.54. The first-order chi connectivity index (χ1) is 16.3. The van der Waals surface area contributed by atoms with Crippen molar-refractivity contribution in [1.82, 2.24) is 4.90 Å².